The van der Waals surface area contributed by atoms with Gasteiger partial charge in [-0.3, -0.25) is 18.6 Å². The van der Waals surface area contributed by atoms with Gasteiger partial charge in [-0.05, 0) is 32.1 Å². The number of aliphatic hydroxyl groups excluding tert-OH is 1. The molecule has 0 aliphatic carbocycles. The average Bonchev–Trinajstić information content (AvgIpc) is 3.18. The maximum absolute atomic E-state index is 12.6. The Morgan fingerprint density at radius 2 is 1.12 bits per heavy atom. The number of esters is 2. The SMILES string of the molecule is CC/C=C/C/C=C/C=C/C(O)CCCCCCCC(=O)O[C@H](COC(=O)CCCCCCCCCCCCCCCCCCCCC)COP(=O)(O)OCCN. The number of unbranched alkanes of at least 4 members (excludes halogenated alkanes) is 22. The zero-order valence-corrected chi connectivity index (χ0v) is 36.6. The Bertz CT molecular complexity index is 1040. The van der Waals surface area contributed by atoms with Gasteiger partial charge in [-0.2, -0.15) is 0 Å². The summed E-state index contributed by atoms with van der Waals surface area (Å²) in [7, 11) is -4.40. The minimum atomic E-state index is -4.40. The Hall–Kier alpha value is -1.81. The molecule has 0 aromatic heterocycles. The highest BCUT2D eigenvalue weighted by Crippen LogP contribution is 2.43. The second-order valence-corrected chi connectivity index (χ2v) is 16.6. The van der Waals surface area contributed by atoms with Gasteiger partial charge >= 0.3 is 19.8 Å². The van der Waals surface area contributed by atoms with Crippen molar-refractivity contribution in [3.63, 3.8) is 0 Å². The lowest BCUT2D eigenvalue weighted by molar-refractivity contribution is -0.161. The van der Waals surface area contributed by atoms with E-state index in [4.69, 9.17) is 24.3 Å². The molecule has 0 saturated carbocycles. The number of ether oxygens (including phenoxy) is 2. The zero-order valence-electron chi connectivity index (χ0n) is 35.7. The van der Waals surface area contributed by atoms with Crippen molar-refractivity contribution < 1.29 is 42.7 Å². The van der Waals surface area contributed by atoms with Crippen LogP contribution in [0, 0.1) is 0 Å². The normalized spacial score (nSPS) is 14.2. The van der Waals surface area contributed by atoms with Crippen molar-refractivity contribution in [1.29, 1.82) is 0 Å². The third kappa shape index (κ3) is 40.4. The van der Waals surface area contributed by atoms with E-state index < -0.39 is 38.6 Å². The molecule has 0 rings (SSSR count). The molecule has 3 atom stereocenters. The fraction of sp³-hybridized carbons (Fsp3) is 0.822. The van der Waals surface area contributed by atoms with E-state index in [0.717, 1.165) is 57.8 Å². The number of phosphoric ester groups is 1. The predicted octanol–water partition coefficient (Wildman–Crippen LogP) is 11.9. The average molecular weight is 814 g/mol. The highest BCUT2D eigenvalue weighted by Gasteiger charge is 2.26. The second-order valence-electron chi connectivity index (χ2n) is 15.1. The van der Waals surface area contributed by atoms with Crippen molar-refractivity contribution in [3.05, 3.63) is 36.5 Å². The van der Waals surface area contributed by atoms with Crippen LogP contribution < -0.4 is 5.73 Å². The summed E-state index contributed by atoms with van der Waals surface area (Å²) in [4.78, 5) is 34.9. The molecular weight excluding hydrogens is 729 g/mol. The molecule has 0 heterocycles. The molecular formula is C45H84NO9P. The number of rotatable bonds is 42. The van der Waals surface area contributed by atoms with Crippen LogP contribution in [0.5, 0.6) is 0 Å². The Morgan fingerprint density at radius 1 is 0.625 bits per heavy atom. The quantitative estimate of drug-likeness (QED) is 0.0178. The molecule has 0 aliphatic heterocycles. The Labute approximate surface area is 342 Å². The monoisotopic (exact) mass is 814 g/mol. The Morgan fingerprint density at radius 3 is 1.64 bits per heavy atom. The van der Waals surface area contributed by atoms with Crippen LogP contribution in [0.25, 0.3) is 0 Å². The summed E-state index contributed by atoms with van der Waals surface area (Å²) in [6.45, 7) is 3.51. The van der Waals surface area contributed by atoms with Crippen LogP contribution in [0.3, 0.4) is 0 Å². The fourth-order valence-corrected chi connectivity index (χ4v) is 7.06. The smallest absolute Gasteiger partial charge is 0.462 e. The largest absolute Gasteiger partial charge is 0.472 e. The molecule has 0 spiro atoms. The van der Waals surface area contributed by atoms with Gasteiger partial charge in [0.15, 0.2) is 6.10 Å². The van der Waals surface area contributed by atoms with E-state index >= 15 is 0 Å². The number of allylic oxidation sites excluding steroid dienone is 5. The first-order valence-corrected chi connectivity index (χ1v) is 24.1. The van der Waals surface area contributed by atoms with Crippen LogP contribution in [0.1, 0.15) is 200 Å². The second kappa shape index (κ2) is 41.4. The lowest BCUT2D eigenvalue weighted by Crippen LogP contribution is -2.29. The van der Waals surface area contributed by atoms with Gasteiger partial charge in [0.1, 0.15) is 6.61 Å². The first-order chi connectivity index (χ1) is 27.2. The van der Waals surface area contributed by atoms with Crippen LogP contribution in [-0.2, 0) is 32.7 Å². The summed E-state index contributed by atoms with van der Waals surface area (Å²) in [6, 6.07) is 0. The molecule has 4 N–H and O–H groups in total. The standard InChI is InChI=1S/C45H84NO9P/c1-3-5-7-9-11-12-13-14-15-16-17-18-19-20-21-22-24-28-32-36-44(48)52-40-43(41-54-56(50,51)53-39-38-46)55-45(49)37-33-29-25-27-31-35-42(47)34-30-26-23-10-8-6-4-2/h6,8,23,26,30,34,42-43,47H,3-5,7,9-22,24-25,27-29,31-33,35-41,46H2,1-2H3,(H,50,51)/b8-6+,26-23+,34-30+/t42?,43-/m1/s1. The number of nitrogens with two attached hydrogens (primary N) is 1. The van der Waals surface area contributed by atoms with Crippen molar-refractivity contribution in [3.8, 4) is 0 Å². The molecule has 0 bridgehead atoms. The van der Waals surface area contributed by atoms with Crippen LogP contribution >= 0.6 is 7.82 Å². The summed E-state index contributed by atoms with van der Waals surface area (Å²) in [5.74, 6) is -0.899. The van der Waals surface area contributed by atoms with Crippen molar-refractivity contribution in [2.75, 3.05) is 26.4 Å². The van der Waals surface area contributed by atoms with Crippen LogP contribution in [0.15, 0.2) is 36.5 Å². The van der Waals surface area contributed by atoms with E-state index in [1.807, 2.05) is 12.2 Å². The first kappa shape index (κ1) is 54.2. The third-order valence-corrected chi connectivity index (χ3v) is 10.6. The highest BCUT2D eigenvalue weighted by molar-refractivity contribution is 7.47. The maximum Gasteiger partial charge on any atom is 0.472 e. The van der Waals surface area contributed by atoms with Crippen LogP contribution in [0.4, 0.5) is 0 Å². The van der Waals surface area contributed by atoms with Crippen molar-refractivity contribution in [2.45, 2.75) is 212 Å². The molecule has 11 heteroatoms. The van der Waals surface area contributed by atoms with Gasteiger partial charge in [0, 0.05) is 19.4 Å². The number of phosphoric acid groups is 1. The minimum Gasteiger partial charge on any atom is -0.462 e. The van der Waals surface area contributed by atoms with Crippen molar-refractivity contribution in [2.24, 2.45) is 5.73 Å². The minimum absolute atomic E-state index is 0.0378. The lowest BCUT2D eigenvalue weighted by Gasteiger charge is -2.19. The first-order valence-electron chi connectivity index (χ1n) is 22.6. The van der Waals surface area contributed by atoms with Crippen molar-refractivity contribution >= 4 is 19.8 Å². The molecule has 2 unspecified atom stereocenters. The molecule has 328 valence electrons. The zero-order chi connectivity index (χ0) is 41.2. The van der Waals surface area contributed by atoms with E-state index in [9.17, 15) is 24.2 Å². The van der Waals surface area contributed by atoms with Gasteiger partial charge in [-0.15, -0.1) is 0 Å². The van der Waals surface area contributed by atoms with E-state index in [0.29, 0.717) is 12.8 Å². The molecule has 10 nitrogen and oxygen atoms in total. The molecule has 0 amide bonds. The number of hydrogen-bond acceptors (Lipinski definition) is 9. The molecule has 0 aromatic rings. The number of carbonyl (C=O) groups is 2. The van der Waals surface area contributed by atoms with Gasteiger partial charge in [0.2, 0.25) is 0 Å². The predicted molar refractivity (Wildman–Crippen MR) is 230 cm³/mol. The number of aliphatic hydroxyl groups is 1. The number of hydrogen-bond donors (Lipinski definition) is 3. The van der Waals surface area contributed by atoms with Gasteiger partial charge in [-0.25, -0.2) is 4.57 Å². The Balaban J connectivity index is 4.16. The topological polar surface area (TPSA) is 155 Å². The molecule has 0 aromatic carbocycles. The lowest BCUT2D eigenvalue weighted by atomic mass is 10.0. The Kier molecular flexibility index (Phi) is 40.0. The maximum atomic E-state index is 12.6. The summed E-state index contributed by atoms with van der Waals surface area (Å²) < 4.78 is 32.7. The van der Waals surface area contributed by atoms with E-state index in [1.165, 1.54) is 103 Å². The number of carbonyl (C=O) groups excluding carboxylic acids is 2. The van der Waals surface area contributed by atoms with E-state index in [2.05, 4.69) is 32.1 Å². The molecule has 0 aliphatic rings. The van der Waals surface area contributed by atoms with E-state index in [-0.39, 0.29) is 32.6 Å². The summed E-state index contributed by atoms with van der Waals surface area (Å²) in [5.41, 5.74) is 5.34. The molecule has 56 heavy (non-hydrogen) atoms. The van der Waals surface area contributed by atoms with Crippen LogP contribution in [0.2, 0.25) is 0 Å². The van der Waals surface area contributed by atoms with Gasteiger partial charge < -0.3 is 25.2 Å². The van der Waals surface area contributed by atoms with Crippen molar-refractivity contribution in [1.82, 2.24) is 0 Å². The van der Waals surface area contributed by atoms with E-state index in [1.54, 1.807) is 6.08 Å². The highest BCUT2D eigenvalue weighted by atomic mass is 31.2. The molecule has 0 fully saturated rings. The third-order valence-electron chi connectivity index (χ3n) is 9.64. The summed E-state index contributed by atoms with van der Waals surface area (Å²) in [5, 5.41) is 10.1. The molecule has 0 saturated heterocycles. The summed E-state index contributed by atoms with van der Waals surface area (Å²) in [6.07, 6.45) is 42.0. The fourth-order valence-electron chi connectivity index (χ4n) is 6.29. The van der Waals surface area contributed by atoms with Gasteiger partial charge in [-0.1, -0.05) is 192 Å². The van der Waals surface area contributed by atoms with Gasteiger partial charge in [0.05, 0.1) is 19.3 Å². The summed E-state index contributed by atoms with van der Waals surface area (Å²) >= 11 is 0. The van der Waals surface area contributed by atoms with Gasteiger partial charge in [0.25, 0.3) is 0 Å². The van der Waals surface area contributed by atoms with Crippen LogP contribution in [-0.4, -0.2) is 60.5 Å². The molecule has 0 radical (unpaired) electrons.